The van der Waals surface area contributed by atoms with Gasteiger partial charge in [-0.25, -0.2) is 4.79 Å². The summed E-state index contributed by atoms with van der Waals surface area (Å²) in [6.45, 7) is 4.46. The number of carbonyl (C=O) groups is 3. The third kappa shape index (κ3) is 45.2. The van der Waals surface area contributed by atoms with E-state index in [4.69, 9.17) is 14.2 Å². The highest BCUT2D eigenvalue weighted by Crippen LogP contribution is 2.14. The number of carbonyl (C=O) groups excluding carboxylic acids is 2. The number of carboxylic acid groups (broad SMARTS) is 1. The Morgan fingerprint density at radius 1 is 0.455 bits per heavy atom. The molecule has 0 aliphatic carbocycles. The molecule has 0 rings (SSSR count). The molecule has 0 aromatic rings. The Morgan fingerprint density at radius 2 is 0.803 bits per heavy atom. The molecule has 0 amide bonds. The number of ether oxygens (including phenoxy) is 3. The average molecular weight is 919 g/mol. The van der Waals surface area contributed by atoms with Crippen LogP contribution in [-0.4, -0.2) is 80.6 Å². The predicted molar refractivity (Wildman–Crippen MR) is 279 cm³/mol. The second-order valence-electron chi connectivity index (χ2n) is 18.0. The van der Waals surface area contributed by atoms with Gasteiger partial charge in [-0.1, -0.05) is 181 Å². The Bertz CT molecular complexity index is 1440. The fourth-order valence-electron chi connectivity index (χ4n) is 6.99. The topological polar surface area (TPSA) is 99.1 Å². The van der Waals surface area contributed by atoms with Crippen LogP contribution in [0.25, 0.3) is 0 Å². The minimum absolute atomic E-state index is 0.0395. The van der Waals surface area contributed by atoms with E-state index < -0.39 is 18.1 Å². The molecule has 0 aliphatic heterocycles. The number of esters is 2. The molecular weight excluding hydrogens is 823 g/mol. The Kier molecular flexibility index (Phi) is 44.6. The minimum atomic E-state index is -0.885. The molecular formula is C58H96NO7+. The van der Waals surface area contributed by atoms with Gasteiger partial charge in [0.25, 0.3) is 0 Å². The van der Waals surface area contributed by atoms with E-state index in [-0.39, 0.29) is 42.7 Å². The third-order valence-electron chi connectivity index (χ3n) is 10.9. The SMILES string of the molecule is CC/C=C\C/C=C\C/C=C\C/C=C\C/C=C\CCCCCC(=O)OC(COCCC(C(=O)O)[N+](C)(C)C)COC(=O)CCCCCCCCCCCC/C=C\C/C=C\C/C=C\C/C=C\CC. The molecule has 2 atom stereocenters. The average Bonchev–Trinajstić information content (AvgIpc) is 3.28. The van der Waals surface area contributed by atoms with Crippen LogP contribution in [0.1, 0.15) is 187 Å². The maximum Gasteiger partial charge on any atom is 0.362 e. The molecule has 0 aromatic heterocycles. The maximum atomic E-state index is 12.8. The summed E-state index contributed by atoms with van der Waals surface area (Å²) in [6.07, 6.45) is 65.7. The number of unbranched alkanes of at least 4 members (excludes halogenated alkanes) is 13. The maximum absolute atomic E-state index is 12.8. The van der Waals surface area contributed by atoms with Crippen LogP contribution in [0.4, 0.5) is 0 Å². The van der Waals surface area contributed by atoms with Crippen molar-refractivity contribution in [3.8, 4) is 0 Å². The van der Waals surface area contributed by atoms with Crippen LogP contribution < -0.4 is 0 Å². The molecule has 2 unspecified atom stereocenters. The van der Waals surface area contributed by atoms with Gasteiger partial charge in [-0.2, -0.15) is 0 Å². The predicted octanol–water partition coefficient (Wildman–Crippen LogP) is 15.2. The van der Waals surface area contributed by atoms with E-state index in [9.17, 15) is 19.5 Å². The van der Waals surface area contributed by atoms with Gasteiger partial charge in [0.1, 0.15) is 6.61 Å². The lowest BCUT2D eigenvalue weighted by atomic mass is 10.1. The van der Waals surface area contributed by atoms with Crippen LogP contribution in [-0.2, 0) is 28.6 Å². The van der Waals surface area contributed by atoms with E-state index in [0.29, 0.717) is 19.3 Å². The zero-order chi connectivity index (χ0) is 48.4. The number of nitrogens with zero attached hydrogens (tertiary/aromatic N) is 1. The summed E-state index contributed by atoms with van der Waals surface area (Å²) in [7, 11) is 5.51. The largest absolute Gasteiger partial charge is 0.477 e. The molecule has 66 heavy (non-hydrogen) atoms. The molecule has 0 aromatic carbocycles. The third-order valence-corrected chi connectivity index (χ3v) is 10.9. The van der Waals surface area contributed by atoms with Crippen LogP contribution in [0.3, 0.4) is 0 Å². The second-order valence-corrected chi connectivity index (χ2v) is 18.0. The Hall–Kier alpha value is -4.01. The van der Waals surface area contributed by atoms with Crippen LogP contribution in [0, 0.1) is 0 Å². The molecule has 0 saturated heterocycles. The molecule has 0 saturated carbocycles. The molecule has 0 bridgehead atoms. The summed E-state index contributed by atoms with van der Waals surface area (Å²) in [5, 5.41) is 9.66. The van der Waals surface area contributed by atoms with Crippen LogP contribution >= 0.6 is 0 Å². The summed E-state index contributed by atoms with van der Waals surface area (Å²) in [4.78, 5) is 37.2. The first kappa shape index (κ1) is 62.0. The summed E-state index contributed by atoms with van der Waals surface area (Å²) >= 11 is 0. The number of carboxylic acids is 1. The van der Waals surface area contributed by atoms with Gasteiger partial charge in [0.15, 0.2) is 12.1 Å². The number of rotatable bonds is 45. The van der Waals surface area contributed by atoms with Gasteiger partial charge in [-0.15, -0.1) is 0 Å². The van der Waals surface area contributed by atoms with Crippen molar-refractivity contribution in [3.63, 3.8) is 0 Å². The number of quaternary nitrogens is 1. The molecule has 0 aliphatic rings. The van der Waals surface area contributed by atoms with Crippen LogP contribution in [0.2, 0.25) is 0 Å². The van der Waals surface area contributed by atoms with Gasteiger partial charge in [0, 0.05) is 19.3 Å². The van der Waals surface area contributed by atoms with E-state index in [0.717, 1.165) is 96.3 Å². The summed E-state index contributed by atoms with van der Waals surface area (Å²) in [6, 6.07) is -0.629. The van der Waals surface area contributed by atoms with Crippen molar-refractivity contribution in [1.82, 2.24) is 0 Å². The molecule has 0 radical (unpaired) electrons. The molecule has 8 nitrogen and oxygen atoms in total. The fraction of sp³-hybridized carbons (Fsp3) is 0.638. The Balaban J connectivity index is 4.31. The number of allylic oxidation sites excluding steroid dienone is 18. The monoisotopic (exact) mass is 919 g/mol. The second kappa shape index (κ2) is 47.5. The van der Waals surface area contributed by atoms with Crippen molar-refractivity contribution in [2.75, 3.05) is 41.0 Å². The number of aliphatic carboxylic acids is 1. The van der Waals surface area contributed by atoms with Crippen LogP contribution in [0.15, 0.2) is 109 Å². The first-order chi connectivity index (χ1) is 32.1. The lowest BCUT2D eigenvalue weighted by molar-refractivity contribution is -0.887. The summed E-state index contributed by atoms with van der Waals surface area (Å²) in [5.74, 6) is -1.53. The van der Waals surface area contributed by atoms with Crippen molar-refractivity contribution in [3.05, 3.63) is 109 Å². The van der Waals surface area contributed by atoms with E-state index in [2.05, 4.69) is 123 Å². The van der Waals surface area contributed by atoms with E-state index in [1.165, 1.54) is 51.4 Å². The van der Waals surface area contributed by atoms with Gasteiger partial charge < -0.3 is 23.8 Å². The Labute approximate surface area is 404 Å². The highest BCUT2D eigenvalue weighted by atomic mass is 16.6. The fourth-order valence-corrected chi connectivity index (χ4v) is 6.99. The van der Waals surface area contributed by atoms with Gasteiger partial charge in [-0.3, -0.25) is 9.59 Å². The van der Waals surface area contributed by atoms with Crippen molar-refractivity contribution >= 4 is 17.9 Å². The van der Waals surface area contributed by atoms with Crippen molar-refractivity contribution < 1.29 is 38.2 Å². The zero-order valence-electron chi connectivity index (χ0n) is 42.6. The lowest BCUT2D eigenvalue weighted by Crippen LogP contribution is -2.50. The molecule has 0 spiro atoms. The summed E-state index contributed by atoms with van der Waals surface area (Å²) < 4.78 is 17.3. The molecule has 0 heterocycles. The van der Waals surface area contributed by atoms with Crippen molar-refractivity contribution in [2.45, 2.75) is 199 Å². The highest BCUT2D eigenvalue weighted by Gasteiger charge is 2.31. The normalized spacial score (nSPS) is 13.8. The molecule has 374 valence electrons. The first-order valence-corrected chi connectivity index (χ1v) is 25.9. The smallest absolute Gasteiger partial charge is 0.362 e. The Morgan fingerprint density at radius 3 is 1.20 bits per heavy atom. The van der Waals surface area contributed by atoms with Crippen molar-refractivity contribution in [1.29, 1.82) is 0 Å². The number of likely N-dealkylation sites (N-methyl/N-ethyl adjacent to an activating group) is 1. The minimum Gasteiger partial charge on any atom is -0.477 e. The quantitative estimate of drug-likeness (QED) is 0.0281. The van der Waals surface area contributed by atoms with Gasteiger partial charge in [0.05, 0.1) is 34.4 Å². The van der Waals surface area contributed by atoms with E-state index >= 15 is 0 Å². The zero-order valence-corrected chi connectivity index (χ0v) is 42.6. The van der Waals surface area contributed by atoms with Crippen molar-refractivity contribution in [2.24, 2.45) is 0 Å². The summed E-state index contributed by atoms with van der Waals surface area (Å²) in [5.41, 5.74) is 0. The van der Waals surface area contributed by atoms with Gasteiger partial charge in [-0.05, 0) is 96.3 Å². The van der Waals surface area contributed by atoms with E-state index in [1.807, 2.05) is 21.1 Å². The lowest BCUT2D eigenvalue weighted by Gasteiger charge is -2.31. The number of hydrogen-bond acceptors (Lipinski definition) is 6. The standard InChI is InChI=1S/C58H95NO7/c1-6-8-10-12-14-16-18-20-22-24-26-27-28-29-31-32-34-36-38-40-42-44-46-48-56(60)65-53-54(52-64-51-50-55(58(62)63)59(3,4)5)66-57(61)49-47-45-43-41-39-37-35-33-30-25-23-21-19-17-15-13-11-9-7-2/h8-11,14-17,20-23,26-27,30,33,37,39,54-55H,6-7,12-13,18-19,24-25,28-29,31-32,34-36,38,40-53H2,1-5H3/p+1/b10-8-,11-9-,16-14-,17-15-,22-20-,23-21-,27-26-,33-30-,39-37-. The highest BCUT2D eigenvalue weighted by molar-refractivity contribution is 5.72. The molecule has 8 heteroatoms. The first-order valence-electron chi connectivity index (χ1n) is 25.9. The van der Waals surface area contributed by atoms with Gasteiger partial charge in [0.2, 0.25) is 0 Å². The number of hydrogen-bond donors (Lipinski definition) is 1. The van der Waals surface area contributed by atoms with Crippen LogP contribution in [0.5, 0.6) is 0 Å². The molecule has 1 N–H and O–H groups in total. The molecule has 0 fully saturated rings. The van der Waals surface area contributed by atoms with E-state index in [1.54, 1.807) is 0 Å². The van der Waals surface area contributed by atoms with Gasteiger partial charge >= 0.3 is 17.9 Å².